The number of pyridine rings is 1. The second-order valence-corrected chi connectivity index (χ2v) is 5.42. The van der Waals surface area contributed by atoms with Gasteiger partial charge in [-0.25, -0.2) is 4.39 Å². The molecule has 0 saturated carbocycles. The molecule has 19 heavy (non-hydrogen) atoms. The van der Waals surface area contributed by atoms with Crippen LogP contribution in [-0.2, 0) is 0 Å². The Morgan fingerprint density at radius 1 is 1.32 bits per heavy atom. The number of nitrogens with one attached hydrogen (secondary N) is 1. The first kappa shape index (κ1) is 14.2. The van der Waals surface area contributed by atoms with E-state index in [1.165, 1.54) is 0 Å². The first-order valence-corrected chi connectivity index (χ1v) is 6.88. The highest BCUT2D eigenvalue weighted by Crippen LogP contribution is 2.30. The van der Waals surface area contributed by atoms with Crippen LogP contribution in [0.2, 0.25) is 0 Å². The zero-order chi connectivity index (χ0) is 14.0. The SMILES string of the molecule is CNC(c1ncccc1Br)c1c(C)cc(C)cc1F. The molecule has 2 aromatic rings. The summed E-state index contributed by atoms with van der Waals surface area (Å²) in [6.07, 6.45) is 1.71. The fraction of sp³-hybridized carbons (Fsp3) is 0.267. The monoisotopic (exact) mass is 322 g/mol. The van der Waals surface area contributed by atoms with Crippen LogP contribution < -0.4 is 5.32 Å². The Labute approximate surface area is 121 Å². The van der Waals surface area contributed by atoms with Crippen molar-refractivity contribution < 1.29 is 4.39 Å². The number of halogens is 2. The first-order valence-electron chi connectivity index (χ1n) is 6.09. The molecule has 1 unspecified atom stereocenters. The summed E-state index contributed by atoms with van der Waals surface area (Å²) in [4.78, 5) is 4.35. The molecule has 1 N–H and O–H groups in total. The number of hydrogen-bond donors (Lipinski definition) is 1. The highest BCUT2D eigenvalue weighted by molar-refractivity contribution is 9.10. The van der Waals surface area contributed by atoms with E-state index in [9.17, 15) is 4.39 Å². The normalized spacial score (nSPS) is 12.5. The second-order valence-electron chi connectivity index (χ2n) is 4.57. The van der Waals surface area contributed by atoms with Gasteiger partial charge in [0.15, 0.2) is 0 Å². The molecule has 0 aliphatic rings. The lowest BCUT2D eigenvalue weighted by atomic mass is 9.96. The minimum absolute atomic E-state index is 0.200. The van der Waals surface area contributed by atoms with Crippen LogP contribution >= 0.6 is 15.9 Å². The predicted octanol–water partition coefficient (Wildman–Crippen LogP) is 3.91. The molecule has 1 atom stereocenters. The number of aromatic nitrogens is 1. The summed E-state index contributed by atoms with van der Waals surface area (Å²) in [5.41, 5.74) is 3.28. The van der Waals surface area contributed by atoms with Crippen molar-refractivity contribution in [2.24, 2.45) is 0 Å². The Morgan fingerprint density at radius 2 is 2.05 bits per heavy atom. The average Bonchev–Trinajstić information content (AvgIpc) is 2.34. The molecule has 2 nitrogen and oxygen atoms in total. The van der Waals surface area contributed by atoms with E-state index in [-0.39, 0.29) is 11.9 Å². The minimum atomic E-state index is -0.267. The predicted molar refractivity (Wildman–Crippen MR) is 78.7 cm³/mol. The highest BCUT2D eigenvalue weighted by atomic mass is 79.9. The maximum Gasteiger partial charge on any atom is 0.128 e. The summed E-state index contributed by atoms with van der Waals surface area (Å²) in [5, 5.41) is 3.14. The van der Waals surface area contributed by atoms with Gasteiger partial charge < -0.3 is 5.32 Å². The fourth-order valence-electron chi connectivity index (χ4n) is 2.32. The van der Waals surface area contributed by atoms with E-state index < -0.39 is 0 Å². The lowest BCUT2D eigenvalue weighted by molar-refractivity contribution is 0.565. The molecule has 4 heteroatoms. The molecule has 100 valence electrons. The van der Waals surface area contributed by atoms with Gasteiger partial charge in [0.05, 0.1) is 11.7 Å². The number of nitrogens with zero attached hydrogens (tertiary/aromatic N) is 1. The molecular formula is C15H16BrFN2. The van der Waals surface area contributed by atoms with Crippen molar-refractivity contribution in [1.82, 2.24) is 10.3 Å². The van der Waals surface area contributed by atoms with Crippen molar-refractivity contribution in [2.45, 2.75) is 19.9 Å². The second kappa shape index (κ2) is 5.80. The minimum Gasteiger partial charge on any atom is -0.308 e. The molecule has 0 spiro atoms. The molecule has 0 fully saturated rings. The van der Waals surface area contributed by atoms with Gasteiger partial charge in [0.2, 0.25) is 0 Å². The van der Waals surface area contributed by atoms with Crippen molar-refractivity contribution in [2.75, 3.05) is 7.05 Å². The smallest absolute Gasteiger partial charge is 0.128 e. The van der Waals surface area contributed by atoms with Gasteiger partial charge in [0, 0.05) is 16.2 Å². The summed E-state index contributed by atoms with van der Waals surface area (Å²) in [6, 6.07) is 7.03. The van der Waals surface area contributed by atoms with Crippen molar-refractivity contribution in [1.29, 1.82) is 0 Å². The van der Waals surface area contributed by atoms with Crippen molar-refractivity contribution in [3.63, 3.8) is 0 Å². The first-order chi connectivity index (χ1) is 9.04. The van der Waals surface area contributed by atoms with E-state index in [1.807, 2.05) is 39.1 Å². The third-order valence-corrected chi connectivity index (χ3v) is 3.79. The molecule has 1 aromatic carbocycles. The number of hydrogen-bond acceptors (Lipinski definition) is 2. The fourth-order valence-corrected chi connectivity index (χ4v) is 2.80. The van der Waals surface area contributed by atoms with Crippen LogP contribution in [0.15, 0.2) is 34.9 Å². The van der Waals surface area contributed by atoms with Crippen molar-refractivity contribution in [3.05, 3.63) is 63.1 Å². The van der Waals surface area contributed by atoms with E-state index in [0.29, 0.717) is 5.56 Å². The third-order valence-electron chi connectivity index (χ3n) is 3.12. The van der Waals surface area contributed by atoms with Gasteiger partial charge in [0.25, 0.3) is 0 Å². The molecule has 0 bridgehead atoms. The van der Waals surface area contributed by atoms with Crippen LogP contribution in [0, 0.1) is 19.7 Å². The summed E-state index contributed by atoms with van der Waals surface area (Å²) in [5.74, 6) is -0.200. The van der Waals surface area contributed by atoms with Gasteiger partial charge in [-0.05, 0) is 66.2 Å². The molecule has 0 radical (unpaired) electrons. The van der Waals surface area contributed by atoms with Gasteiger partial charge >= 0.3 is 0 Å². The van der Waals surface area contributed by atoms with E-state index >= 15 is 0 Å². The largest absolute Gasteiger partial charge is 0.308 e. The zero-order valence-electron chi connectivity index (χ0n) is 11.2. The van der Waals surface area contributed by atoms with E-state index in [0.717, 1.165) is 21.3 Å². The van der Waals surface area contributed by atoms with Crippen LogP contribution in [0.4, 0.5) is 4.39 Å². The van der Waals surface area contributed by atoms with E-state index in [2.05, 4.69) is 26.2 Å². The molecule has 2 rings (SSSR count). The maximum atomic E-state index is 14.3. The lowest BCUT2D eigenvalue weighted by Gasteiger charge is -2.20. The molecule has 0 amide bonds. The van der Waals surface area contributed by atoms with E-state index in [1.54, 1.807) is 12.3 Å². The van der Waals surface area contributed by atoms with Gasteiger partial charge in [-0.1, -0.05) is 6.07 Å². The molecular weight excluding hydrogens is 307 g/mol. The van der Waals surface area contributed by atoms with Gasteiger partial charge in [-0.3, -0.25) is 4.98 Å². The Kier molecular flexibility index (Phi) is 4.32. The van der Waals surface area contributed by atoms with Crippen LogP contribution in [0.5, 0.6) is 0 Å². The average molecular weight is 323 g/mol. The summed E-state index contributed by atoms with van der Waals surface area (Å²) in [7, 11) is 1.81. The zero-order valence-corrected chi connectivity index (χ0v) is 12.8. The summed E-state index contributed by atoms with van der Waals surface area (Å²) in [6.45, 7) is 3.82. The number of benzene rings is 1. The van der Waals surface area contributed by atoms with Crippen LogP contribution in [0.25, 0.3) is 0 Å². The highest BCUT2D eigenvalue weighted by Gasteiger charge is 2.21. The topological polar surface area (TPSA) is 24.9 Å². The number of aryl methyl sites for hydroxylation is 2. The molecule has 1 heterocycles. The van der Waals surface area contributed by atoms with Gasteiger partial charge in [-0.15, -0.1) is 0 Å². The number of rotatable bonds is 3. The quantitative estimate of drug-likeness (QED) is 0.926. The van der Waals surface area contributed by atoms with Crippen molar-refractivity contribution >= 4 is 15.9 Å². The third kappa shape index (κ3) is 2.85. The Morgan fingerprint density at radius 3 is 2.63 bits per heavy atom. The molecule has 0 aliphatic carbocycles. The van der Waals surface area contributed by atoms with Gasteiger partial charge in [-0.2, -0.15) is 0 Å². The molecule has 0 aliphatic heterocycles. The van der Waals surface area contributed by atoms with Crippen LogP contribution in [-0.4, -0.2) is 12.0 Å². The van der Waals surface area contributed by atoms with Gasteiger partial charge in [0.1, 0.15) is 5.82 Å². The maximum absolute atomic E-state index is 14.3. The summed E-state index contributed by atoms with van der Waals surface area (Å²) < 4.78 is 15.2. The van der Waals surface area contributed by atoms with Crippen LogP contribution in [0.3, 0.4) is 0 Å². The Hall–Kier alpha value is -1.26. The summed E-state index contributed by atoms with van der Waals surface area (Å²) >= 11 is 3.47. The van der Waals surface area contributed by atoms with Crippen LogP contribution in [0.1, 0.15) is 28.4 Å². The lowest BCUT2D eigenvalue weighted by Crippen LogP contribution is -2.21. The molecule has 0 saturated heterocycles. The molecule has 1 aromatic heterocycles. The Balaban J connectivity index is 2.58. The Bertz CT molecular complexity index is 575. The van der Waals surface area contributed by atoms with E-state index in [4.69, 9.17) is 0 Å². The van der Waals surface area contributed by atoms with Crippen molar-refractivity contribution in [3.8, 4) is 0 Å². The standard InChI is InChI=1S/C15H16BrFN2/c1-9-7-10(2)13(12(17)8-9)15(18-3)14-11(16)5-4-6-19-14/h4-8,15,18H,1-3H3.